The van der Waals surface area contributed by atoms with Crippen LogP contribution in [0.2, 0.25) is 0 Å². The lowest BCUT2D eigenvalue weighted by Gasteiger charge is -2.30. The molecule has 1 atom stereocenters. The lowest BCUT2D eigenvalue weighted by molar-refractivity contribution is -0.122. The van der Waals surface area contributed by atoms with Gasteiger partial charge in [0.05, 0.1) is 17.7 Å². The molecule has 0 aliphatic rings. The molecule has 0 spiro atoms. The van der Waals surface area contributed by atoms with Gasteiger partial charge in [-0.1, -0.05) is 30.3 Å². The van der Waals surface area contributed by atoms with Crippen LogP contribution < -0.4 is 4.90 Å². The maximum absolute atomic E-state index is 12.9. The predicted molar refractivity (Wildman–Crippen MR) is 96.6 cm³/mol. The summed E-state index contributed by atoms with van der Waals surface area (Å²) in [6.07, 6.45) is 0. The highest BCUT2D eigenvalue weighted by Gasteiger charge is 2.24. The zero-order chi connectivity index (χ0) is 17.5. The molecule has 0 bridgehead atoms. The smallest absolute Gasteiger partial charge is 0.244 e. The van der Waals surface area contributed by atoms with Crippen molar-refractivity contribution >= 4 is 11.6 Å². The van der Waals surface area contributed by atoms with Crippen molar-refractivity contribution in [2.75, 3.05) is 18.5 Å². The van der Waals surface area contributed by atoms with Crippen molar-refractivity contribution in [1.29, 1.82) is 5.26 Å². The zero-order valence-electron chi connectivity index (χ0n) is 14.4. The Balaban J connectivity index is 2.09. The summed E-state index contributed by atoms with van der Waals surface area (Å²) < 4.78 is 0. The summed E-state index contributed by atoms with van der Waals surface area (Å²) in [6.45, 7) is 5.15. The van der Waals surface area contributed by atoms with E-state index in [0.717, 1.165) is 11.3 Å². The summed E-state index contributed by atoms with van der Waals surface area (Å²) >= 11 is 0. The Kier molecular flexibility index (Phi) is 6.11. The SMILES string of the molecule is CCN(C(=O)C(C)N(C)Cc1cccc(C#N)c1)c1ccccc1. The van der Waals surface area contributed by atoms with Crippen molar-refractivity contribution in [2.24, 2.45) is 0 Å². The summed E-state index contributed by atoms with van der Waals surface area (Å²) in [4.78, 5) is 16.7. The highest BCUT2D eigenvalue weighted by atomic mass is 16.2. The molecule has 0 saturated carbocycles. The van der Waals surface area contributed by atoms with Crippen LogP contribution in [0.3, 0.4) is 0 Å². The Morgan fingerprint density at radius 1 is 1.17 bits per heavy atom. The van der Waals surface area contributed by atoms with Gasteiger partial charge in [0.2, 0.25) is 5.91 Å². The molecule has 0 aliphatic heterocycles. The van der Waals surface area contributed by atoms with Gasteiger partial charge in [-0.15, -0.1) is 0 Å². The second-order valence-corrected chi connectivity index (χ2v) is 5.82. The molecule has 2 aromatic rings. The molecule has 24 heavy (non-hydrogen) atoms. The third-order valence-corrected chi connectivity index (χ3v) is 4.16. The summed E-state index contributed by atoms with van der Waals surface area (Å²) in [7, 11) is 1.93. The van der Waals surface area contributed by atoms with Crippen LogP contribution in [0, 0.1) is 11.3 Å². The van der Waals surface area contributed by atoms with Gasteiger partial charge in [0.1, 0.15) is 0 Å². The molecule has 4 heteroatoms. The molecular weight excluding hydrogens is 298 g/mol. The van der Waals surface area contributed by atoms with Gasteiger partial charge >= 0.3 is 0 Å². The first-order valence-corrected chi connectivity index (χ1v) is 8.12. The van der Waals surface area contributed by atoms with Crippen molar-refractivity contribution in [3.63, 3.8) is 0 Å². The van der Waals surface area contributed by atoms with E-state index < -0.39 is 0 Å². The van der Waals surface area contributed by atoms with E-state index in [1.807, 2.05) is 74.3 Å². The summed E-state index contributed by atoms with van der Waals surface area (Å²) in [5, 5.41) is 9.00. The lowest BCUT2D eigenvalue weighted by atomic mass is 10.1. The van der Waals surface area contributed by atoms with Crippen LogP contribution in [0.4, 0.5) is 5.69 Å². The normalized spacial score (nSPS) is 11.8. The van der Waals surface area contributed by atoms with E-state index in [-0.39, 0.29) is 11.9 Å². The molecule has 1 unspecified atom stereocenters. The highest BCUT2D eigenvalue weighted by molar-refractivity contribution is 5.96. The largest absolute Gasteiger partial charge is 0.311 e. The van der Waals surface area contributed by atoms with E-state index in [2.05, 4.69) is 6.07 Å². The van der Waals surface area contributed by atoms with Gasteiger partial charge in [-0.05, 0) is 50.7 Å². The van der Waals surface area contributed by atoms with Crippen LogP contribution in [0.1, 0.15) is 25.0 Å². The second-order valence-electron chi connectivity index (χ2n) is 5.82. The minimum absolute atomic E-state index is 0.0719. The Bertz CT molecular complexity index is 721. The molecule has 0 saturated heterocycles. The number of hydrogen-bond donors (Lipinski definition) is 0. The minimum atomic E-state index is -0.254. The van der Waals surface area contributed by atoms with Gasteiger partial charge in [0.15, 0.2) is 0 Å². The molecule has 0 fully saturated rings. The number of para-hydroxylation sites is 1. The lowest BCUT2D eigenvalue weighted by Crippen LogP contribution is -2.45. The van der Waals surface area contributed by atoms with E-state index in [1.165, 1.54) is 0 Å². The maximum Gasteiger partial charge on any atom is 0.244 e. The molecule has 0 N–H and O–H groups in total. The number of hydrogen-bond acceptors (Lipinski definition) is 3. The third kappa shape index (κ3) is 4.21. The molecule has 0 heterocycles. The minimum Gasteiger partial charge on any atom is -0.311 e. The van der Waals surface area contributed by atoms with E-state index in [0.29, 0.717) is 18.7 Å². The van der Waals surface area contributed by atoms with Crippen molar-refractivity contribution in [2.45, 2.75) is 26.4 Å². The third-order valence-electron chi connectivity index (χ3n) is 4.16. The fraction of sp³-hybridized carbons (Fsp3) is 0.300. The van der Waals surface area contributed by atoms with Crippen LogP contribution in [0.15, 0.2) is 54.6 Å². The van der Waals surface area contributed by atoms with Gasteiger partial charge in [-0.3, -0.25) is 9.69 Å². The van der Waals surface area contributed by atoms with Crippen LogP contribution in [0.25, 0.3) is 0 Å². The van der Waals surface area contributed by atoms with Crippen LogP contribution in [-0.4, -0.2) is 30.4 Å². The van der Waals surface area contributed by atoms with Crippen molar-refractivity contribution in [3.05, 3.63) is 65.7 Å². The Hall–Kier alpha value is -2.64. The molecule has 0 aliphatic carbocycles. The summed E-state index contributed by atoms with van der Waals surface area (Å²) in [6, 6.07) is 19.1. The molecule has 4 nitrogen and oxygen atoms in total. The van der Waals surface area contributed by atoms with E-state index in [9.17, 15) is 4.79 Å². The fourth-order valence-corrected chi connectivity index (χ4v) is 2.65. The number of likely N-dealkylation sites (N-methyl/N-ethyl adjacent to an activating group) is 2. The quantitative estimate of drug-likeness (QED) is 0.819. The first-order valence-electron chi connectivity index (χ1n) is 8.12. The first-order chi connectivity index (χ1) is 11.6. The summed E-state index contributed by atoms with van der Waals surface area (Å²) in [5.74, 6) is 0.0719. The number of carbonyl (C=O) groups is 1. The Morgan fingerprint density at radius 2 is 1.88 bits per heavy atom. The topological polar surface area (TPSA) is 47.3 Å². The number of anilines is 1. The number of amides is 1. The number of rotatable bonds is 6. The van der Waals surface area contributed by atoms with E-state index in [4.69, 9.17) is 5.26 Å². The number of nitriles is 1. The average Bonchev–Trinajstić information content (AvgIpc) is 2.62. The van der Waals surface area contributed by atoms with Crippen LogP contribution >= 0.6 is 0 Å². The average molecular weight is 321 g/mol. The van der Waals surface area contributed by atoms with Gasteiger partial charge in [0, 0.05) is 18.8 Å². The van der Waals surface area contributed by atoms with Crippen molar-refractivity contribution < 1.29 is 4.79 Å². The number of nitrogens with zero attached hydrogens (tertiary/aromatic N) is 3. The van der Waals surface area contributed by atoms with Crippen molar-refractivity contribution in [1.82, 2.24) is 4.90 Å². The molecule has 2 aromatic carbocycles. The molecular formula is C20H23N3O. The molecule has 2 rings (SSSR count). The molecule has 0 aromatic heterocycles. The van der Waals surface area contributed by atoms with Gasteiger partial charge < -0.3 is 4.90 Å². The molecule has 124 valence electrons. The Labute approximate surface area is 143 Å². The van der Waals surface area contributed by atoms with Gasteiger partial charge in [0.25, 0.3) is 0 Å². The Morgan fingerprint density at radius 3 is 2.50 bits per heavy atom. The predicted octanol–water partition coefficient (Wildman–Crippen LogP) is 3.43. The fourth-order valence-electron chi connectivity index (χ4n) is 2.65. The first kappa shape index (κ1) is 17.7. The summed E-state index contributed by atoms with van der Waals surface area (Å²) in [5.41, 5.74) is 2.58. The van der Waals surface area contributed by atoms with Crippen LogP contribution in [0.5, 0.6) is 0 Å². The number of carbonyl (C=O) groups excluding carboxylic acids is 1. The standard InChI is InChI=1S/C20H23N3O/c1-4-23(19-11-6-5-7-12-19)20(24)16(2)22(3)15-18-10-8-9-17(13-18)14-21/h5-13,16H,4,15H2,1-3H3. The van der Waals surface area contributed by atoms with Crippen LogP contribution in [-0.2, 0) is 11.3 Å². The zero-order valence-corrected chi connectivity index (χ0v) is 14.4. The monoisotopic (exact) mass is 321 g/mol. The van der Waals surface area contributed by atoms with E-state index in [1.54, 1.807) is 11.0 Å². The molecule has 0 radical (unpaired) electrons. The number of benzene rings is 2. The van der Waals surface area contributed by atoms with Gasteiger partial charge in [-0.25, -0.2) is 0 Å². The second kappa shape index (κ2) is 8.28. The molecule has 1 amide bonds. The van der Waals surface area contributed by atoms with Gasteiger partial charge in [-0.2, -0.15) is 5.26 Å². The maximum atomic E-state index is 12.9. The highest BCUT2D eigenvalue weighted by Crippen LogP contribution is 2.17. The van der Waals surface area contributed by atoms with Crippen molar-refractivity contribution in [3.8, 4) is 6.07 Å². The van der Waals surface area contributed by atoms with E-state index >= 15 is 0 Å².